The Hall–Kier alpha value is -1.76. The molecular weight excluding hydrogens is 307 g/mol. The van der Waals surface area contributed by atoms with Crippen LogP contribution in [0, 0.1) is 0 Å². The normalized spacial score (nSPS) is 17.7. The largest absolute Gasteiger partial charge is 0.417 e. The van der Waals surface area contributed by atoms with Gasteiger partial charge in [0.25, 0.3) is 5.91 Å². The van der Waals surface area contributed by atoms with Crippen LogP contribution in [-0.4, -0.2) is 36.4 Å². The lowest BCUT2D eigenvalue weighted by Gasteiger charge is -2.17. The Balaban J connectivity index is 2.30. The average Bonchev–Trinajstić information content (AvgIpc) is 2.69. The number of carbonyl (C=O) groups is 1. The van der Waals surface area contributed by atoms with Crippen molar-refractivity contribution in [1.29, 1.82) is 0 Å². The van der Waals surface area contributed by atoms with Crippen LogP contribution < -0.4 is 4.90 Å². The van der Waals surface area contributed by atoms with Crippen LogP contribution in [0.4, 0.5) is 19.0 Å². The molecule has 2 heterocycles. The highest BCUT2D eigenvalue weighted by atomic mass is 35.5. The second kappa shape index (κ2) is 5.55. The average molecular weight is 320 g/mol. The summed E-state index contributed by atoms with van der Waals surface area (Å²) in [7, 11) is 3.57. The van der Waals surface area contributed by atoms with Gasteiger partial charge in [-0.15, -0.1) is 0 Å². The lowest BCUT2D eigenvalue weighted by molar-refractivity contribution is -0.137. The number of rotatable bonds is 2. The summed E-state index contributed by atoms with van der Waals surface area (Å²) in [5.41, 5.74) is -0.371. The van der Waals surface area contributed by atoms with Crippen LogP contribution in [0.1, 0.15) is 12.0 Å². The van der Waals surface area contributed by atoms with E-state index in [9.17, 15) is 18.0 Å². The van der Waals surface area contributed by atoms with Gasteiger partial charge >= 0.3 is 6.18 Å². The first kappa shape index (κ1) is 15.6. The predicted molar refractivity (Wildman–Crippen MR) is 73.0 cm³/mol. The van der Waals surface area contributed by atoms with E-state index in [1.54, 1.807) is 25.2 Å². The third kappa shape index (κ3) is 3.29. The van der Waals surface area contributed by atoms with Gasteiger partial charge in [0.05, 0.1) is 10.6 Å². The lowest BCUT2D eigenvalue weighted by Crippen LogP contribution is -2.26. The van der Waals surface area contributed by atoms with Gasteiger partial charge in [0.2, 0.25) is 0 Å². The number of anilines is 1. The maximum atomic E-state index is 12.6. The molecule has 1 aromatic rings. The molecular formula is C13H13ClF3N3O. The molecule has 1 aliphatic heterocycles. The van der Waals surface area contributed by atoms with E-state index in [1.165, 1.54) is 4.90 Å². The number of hydrogen-bond acceptors (Lipinski definition) is 3. The van der Waals surface area contributed by atoms with Crippen LogP contribution in [0.3, 0.4) is 0 Å². The van der Waals surface area contributed by atoms with Crippen LogP contribution >= 0.6 is 11.6 Å². The quantitative estimate of drug-likeness (QED) is 0.786. The minimum Gasteiger partial charge on any atom is -0.383 e. The fraction of sp³-hybridized carbons (Fsp3) is 0.385. The predicted octanol–water partition coefficient (Wildman–Crippen LogP) is 2.94. The number of pyridine rings is 1. The summed E-state index contributed by atoms with van der Waals surface area (Å²) in [6.07, 6.45) is -1.65. The molecule has 4 nitrogen and oxygen atoms in total. The van der Waals surface area contributed by atoms with E-state index in [2.05, 4.69) is 4.98 Å². The Labute approximate surface area is 124 Å². The number of alkyl halides is 3. The summed E-state index contributed by atoms with van der Waals surface area (Å²) < 4.78 is 37.7. The van der Waals surface area contributed by atoms with Crippen molar-refractivity contribution in [2.24, 2.45) is 0 Å². The first-order valence-corrected chi connectivity index (χ1v) is 6.49. The Morgan fingerprint density at radius 3 is 2.62 bits per heavy atom. The second-order valence-corrected chi connectivity index (χ2v) is 5.26. The van der Waals surface area contributed by atoms with Gasteiger partial charge in [-0.3, -0.25) is 9.69 Å². The Kier molecular flexibility index (Phi) is 4.13. The zero-order valence-corrected chi connectivity index (χ0v) is 12.2. The summed E-state index contributed by atoms with van der Waals surface area (Å²) in [5.74, 6) is -0.241. The molecule has 0 N–H and O–H groups in total. The highest BCUT2D eigenvalue weighted by Gasteiger charge is 2.34. The number of hydrogen-bond donors (Lipinski definition) is 0. The minimum absolute atomic E-state index is 0.0526. The monoisotopic (exact) mass is 319 g/mol. The summed E-state index contributed by atoms with van der Waals surface area (Å²) in [4.78, 5) is 18.9. The molecule has 0 saturated carbocycles. The first-order chi connectivity index (χ1) is 9.70. The zero-order valence-electron chi connectivity index (χ0n) is 11.4. The van der Waals surface area contributed by atoms with Crippen molar-refractivity contribution in [2.75, 3.05) is 25.5 Å². The number of amides is 1. The number of nitrogens with zero attached hydrogens (tertiary/aromatic N) is 3. The van der Waals surface area contributed by atoms with Gasteiger partial charge in [-0.25, -0.2) is 4.98 Å². The fourth-order valence-corrected chi connectivity index (χ4v) is 2.30. The molecule has 1 fully saturated rings. The number of halogens is 4. The molecule has 0 bridgehead atoms. The molecule has 2 rings (SSSR count). The zero-order chi connectivity index (χ0) is 15.8. The topological polar surface area (TPSA) is 36.4 Å². The standard InChI is InChI=1S/C13H13ClF3N3O/c1-19(2)7-8-3-4-20(12(8)21)11-10(14)5-9(6-18-11)13(15,16)17/h5-7H,3-4H2,1-2H3/b8-7-. The van der Waals surface area contributed by atoms with Gasteiger partial charge in [-0.1, -0.05) is 11.6 Å². The summed E-state index contributed by atoms with van der Waals surface area (Å²) >= 11 is 5.85. The van der Waals surface area contributed by atoms with Gasteiger partial charge in [0.1, 0.15) is 0 Å². The maximum absolute atomic E-state index is 12.6. The van der Waals surface area contributed by atoms with Gasteiger partial charge < -0.3 is 4.90 Å². The molecule has 114 valence electrons. The van der Waals surface area contributed by atoms with E-state index in [-0.39, 0.29) is 16.7 Å². The molecule has 0 atom stereocenters. The van der Waals surface area contributed by atoms with Crippen LogP contribution in [0.15, 0.2) is 24.0 Å². The van der Waals surface area contributed by atoms with Gasteiger partial charge in [0.15, 0.2) is 5.82 Å². The van der Waals surface area contributed by atoms with Crippen LogP contribution in [0.5, 0.6) is 0 Å². The molecule has 0 radical (unpaired) electrons. The maximum Gasteiger partial charge on any atom is 0.417 e. The van der Waals surface area contributed by atoms with Crippen molar-refractivity contribution in [3.63, 3.8) is 0 Å². The molecule has 0 unspecified atom stereocenters. The van der Waals surface area contributed by atoms with Crippen molar-refractivity contribution in [1.82, 2.24) is 9.88 Å². The molecule has 1 aliphatic rings. The molecule has 0 aliphatic carbocycles. The Morgan fingerprint density at radius 1 is 1.43 bits per heavy atom. The number of aromatic nitrogens is 1. The summed E-state index contributed by atoms with van der Waals surface area (Å²) in [6.45, 7) is 0.344. The van der Waals surface area contributed by atoms with E-state index < -0.39 is 11.7 Å². The van der Waals surface area contributed by atoms with E-state index in [1.807, 2.05) is 0 Å². The van der Waals surface area contributed by atoms with E-state index in [0.29, 0.717) is 24.7 Å². The van der Waals surface area contributed by atoms with E-state index in [4.69, 9.17) is 11.6 Å². The lowest BCUT2D eigenvalue weighted by atomic mass is 10.2. The van der Waals surface area contributed by atoms with Crippen molar-refractivity contribution in [3.8, 4) is 0 Å². The third-order valence-electron chi connectivity index (χ3n) is 2.94. The Bertz CT molecular complexity index is 599. The number of carbonyl (C=O) groups excluding carboxylic acids is 1. The minimum atomic E-state index is -4.51. The summed E-state index contributed by atoms with van der Waals surface area (Å²) in [6, 6.07) is 0.783. The van der Waals surface area contributed by atoms with Crippen molar-refractivity contribution in [3.05, 3.63) is 34.6 Å². The van der Waals surface area contributed by atoms with E-state index >= 15 is 0 Å². The Morgan fingerprint density at radius 2 is 2.10 bits per heavy atom. The smallest absolute Gasteiger partial charge is 0.383 e. The van der Waals surface area contributed by atoms with Crippen LogP contribution in [0.25, 0.3) is 0 Å². The van der Waals surface area contributed by atoms with Gasteiger partial charge in [-0.2, -0.15) is 13.2 Å². The second-order valence-electron chi connectivity index (χ2n) is 4.85. The molecule has 8 heteroatoms. The molecule has 1 aromatic heterocycles. The van der Waals surface area contributed by atoms with Crippen LogP contribution in [-0.2, 0) is 11.0 Å². The van der Waals surface area contributed by atoms with Gasteiger partial charge in [0, 0.05) is 38.6 Å². The highest BCUT2D eigenvalue weighted by Crippen LogP contribution is 2.35. The molecule has 1 saturated heterocycles. The fourth-order valence-electron chi connectivity index (χ4n) is 2.03. The molecule has 21 heavy (non-hydrogen) atoms. The molecule has 0 spiro atoms. The van der Waals surface area contributed by atoms with Crippen molar-refractivity contribution < 1.29 is 18.0 Å². The first-order valence-electron chi connectivity index (χ1n) is 6.12. The van der Waals surface area contributed by atoms with Crippen molar-refractivity contribution in [2.45, 2.75) is 12.6 Å². The van der Waals surface area contributed by atoms with Crippen molar-refractivity contribution >= 4 is 23.3 Å². The third-order valence-corrected chi connectivity index (χ3v) is 3.22. The van der Waals surface area contributed by atoms with E-state index in [0.717, 1.165) is 6.07 Å². The summed E-state index contributed by atoms with van der Waals surface area (Å²) in [5, 5.41) is -0.190. The molecule has 0 aromatic carbocycles. The van der Waals surface area contributed by atoms with Gasteiger partial charge in [-0.05, 0) is 12.5 Å². The highest BCUT2D eigenvalue weighted by molar-refractivity contribution is 6.33. The SMILES string of the molecule is CN(C)/C=C1/CCN(c2ncc(C(F)(F)F)cc2Cl)C1=O. The molecule has 1 amide bonds. The van der Waals surface area contributed by atoms with Crippen LogP contribution in [0.2, 0.25) is 5.02 Å².